The highest BCUT2D eigenvalue weighted by Crippen LogP contribution is 2.41. The van der Waals surface area contributed by atoms with Crippen molar-refractivity contribution < 1.29 is 28.2 Å². The highest BCUT2D eigenvalue weighted by molar-refractivity contribution is 7.19. The Morgan fingerprint density at radius 3 is 1.25 bits per heavy atom. The number of likely N-dealkylation sites (tertiary alicyclic amines) is 1. The van der Waals surface area contributed by atoms with Crippen LogP contribution in [-0.4, -0.2) is 159 Å². The number of halogens is 1. The number of carbonyl (C=O) groups excluding carboxylic acids is 3. The molecule has 4 N–H and O–H groups in total. The first-order valence-corrected chi connectivity index (χ1v) is 37.4. The van der Waals surface area contributed by atoms with Crippen molar-refractivity contribution >= 4 is 95.5 Å². The third-order valence-corrected chi connectivity index (χ3v) is 21.8. The number of ether oxygens (including phenoxy) is 2. The maximum Gasteiger partial charge on any atom is 0.241 e. The summed E-state index contributed by atoms with van der Waals surface area (Å²) in [7, 11) is 8.87. The fraction of sp³-hybridized carbons (Fsp3) is 0.250. The van der Waals surface area contributed by atoms with Crippen molar-refractivity contribution in [1.82, 2.24) is 60.2 Å². The van der Waals surface area contributed by atoms with Gasteiger partial charge in [-0.15, -0.1) is 30.6 Å². The van der Waals surface area contributed by atoms with E-state index in [0.29, 0.717) is 56.0 Å². The topological polar surface area (TPSA) is 252 Å². The average molecular weight is 1470 g/mol. The predicted molar refractivity (Wildman–Crippen MR) is 417 cm³/mol. The number of amides is 3. The molecule has 6 aliphatic rings. The number of fused-ring (bicyclic) bond motifs is 3. The fourth-order valence-electron chi connectivity index (χ4n) is 13.0. The molecule has 106 heavy (non-hydrogen) atoms. The quantitative estimate of drug-likeness (QED) is 0.0760. The van der Waals surface area contributed by atoms with Gasteiger partial charge in [-0.05, 0) is 155 Å². The number of allylic oxidation sites excluding steroid dienone is 3. The third-order valence-electron chi connectivity index (χ3n) is 19.1. The maximum atomic E-state index is 13.6. The predicted octanol–water partition coefficient (Wildman–Crippen LogP) is 12.9. The molecule has 0 atom stereocenters. The van der Waals surface area contributed by atoms with Gasteiger partial charge in [0.2, 0.25) is 39.1 Å². The fourth-order valence-corrected chi connectivity index (χ4v) is 15.1. The van der Waals surface area contributed by atoms with E-state index >= 15 is 0 Å². The van der Waals surface area contributed by atoms with Gasteiger partial charge in [-0.25, -0.2) is 15.0 Å². The first-order chi connectivity index (χ1) is 51.6. The van der Waals surface area contributed by atoms with Crippen LogP contribution in [0.3, 0.4) is 0 Å². The highest BCUT2D eigenvalue weighted by Gasteiger charge is 2.27. The minimum Gasteiger partial charge on any atom is -0.497 e. The van der Waals surface area contributed by atoms with E-state index in [4.69, 9.17) is 25.2 Å². The van der Waals surface area contributed by atoms with Crippen molar-refractivity contribution in [2.75, 3.05) is 107 Å². The molecule has 17 rings (SSSR count). The number of piperidine rings is 1. The van der Waals surface area contributed by atoms with Crippen LogP contribution >= 0.6 is 34.0 Å². The van der Waals surface area contributed by atoms with Gasteiger partial charge in [0.1, 0.15) is 38.2 Å². The van der Waals surface area contributed by atoms with Gasteiger partial charge in [-0.1, -0.05) is 131 Å². The smallest absolute Gasteiger partial charge is 0.241 e. The largest absolute Gasteiger partial charge is 0.497 e. The van der Waals surface area contributed by atoms with Crippen LogP contribution in [0.4, 0.5) is 31.4 Å². The molecular formula is C80H78FN17O5S3. The summed E-state index contributed by atoms with van der Waals surface area (Å²) >= 11 is 4.43. The van der Waals surface area contributed by atoms with E-state index in [9.17, 15) is 18.8 Å². The van der Waals surface area contributed by atoms with Crippen molar-refractivity contribution in [3.8, 4) is 43.2 Å². The molecule has 0 unspecified atom stereocenters. The summed E-state index contributed by atoms with van der Waals surface area (Å²) < 4.78 is 24.0. The van der Waals surface area contributed by atoms with E-state index in [1.165, 1.54) is 57.4 Å². The Balaban J connectivity index is 0.000000128. The SMILES string of the molecule is CN1CCCCC1=O.CN1CCN(c2cccc(C3=CCc4ccc(-c5nnc(N)s5)cc43)n2)CC1=O.COc1ccc(CNc2nnc(-c3ccc4c(c3)C(c3cccc(F)n3)=CC4)s2)cc1.COc1ccc(CNc2nnc(-c3ccc4c(c3)C(c3cccc(N5CCN(C)C(=O)C5)n3)=CC4)s2)cc1. The number of carbonyl (C=O) groups is 3. The number of anilines is 5. The first-order valence-electron chi connectivity index (χ1n) is 35.0. The summed E-state index contributed by atoms with van der Waals surface area (Å²) in [5, 5.41) is 36.7. The normalized spacial score (nSPS) is 15.0. The van der Waals surface area contributed by atoms with Gasteiger partial charge in [0.05, 0.1) is 44.4 Å². The number of nitrogens with two attached hydrogens (primary N) is 1. The lowest BCUT2D eigenvalue weighted by atomic mass is 10.00. The molecule has 26 heteroatoms. The zero-order valence-corrected chi connectivity index (χ0v) is 61.8. The number of hydrogen-bond acceptors (Lipinski definition) is 22. The molecule has 3 saturated heterocycles. The molecule has 22 nitrogen and oxygen atoms in total. The van der Waals surface area contributed by atoms with Gasteiger partial charge in [-0.2, -0.15) is 4.39 Å². The number of nitrogens with one attached hydrogen (secondary N) is 2. The number of nitrogen functional groups attached to an aromatic ring is 1. The van der Waals surface area contributed by atoms with Crippen LogP contribution < -0.4 is 35.6 Å². The van der Waals surface area contributed by atoms with Crippen LogP contribution in [0.5, 0.6) is 11.5 Å². The minimum atomic E-state index is -0.472. The third kappa shape index (κ3) is 16.8. The van der Waals surface area contributed by atoms with Crippen molar-refractivity contribution in [2.24, 2.45) is 0 Å². The lowest BCUT2D eigenvalue weighted by Crippen LogP contribution is -2.48. The molecule has 3 aliphatic heterocycles. The number of rotatable bonds is 16. The molecule has 5 aromatic carbocycles. The number of piperazine rings is 2. The first kappa shape index (κ1) is 71.4. The summed E-state index contributed by atoms with van der Waals surface area (Å²) in [6, 6.07) is 51.9. The molecule has 0 saturated carbocycles. The van der Waals surface area contributed by atoms with Gasteiger partial charge < -0.3 is 50.3 Å². The Morgan fingerprint density at radius 1 is 0.453 bits per heavy atom. The molecule has 11 aromatic rings. The van der Waals surface area contributed by atoms with Crippen molar-refractivity contribution in [3.05, 3.63) is 243 Å². The average Bonchev–Trinajstić information content (AvgIpc) is 1.82. The monoisotopic (exact) mass is 1470 g/mol. The summed E-state index contributed by atoms with van der Waals surface area (Å²) in [4.78, 5) is 58.3. The van der Waals surface area contributed by atoms with Gasteiger partial charge in [0.25, 0.3) is 0 Å². The maximum absolute atomic E-state index is 13.6. The standard InChI is InChI=1S/C29H28N6O2S.C24H19FN4OS.C21H20N6OS.C6H11NO/c1-34-14-15-35(18-27(34)36)26-5-3-4-25(31-26)23-13-10-20-8-9-21(16-24(20)23)28-32-33-29(38-28)30-17-19-6-11-22(37-2)12-7-19;1-30-18-10-5-15(6-11-18)14-26-24-29-28-23(31-24)17-8-7-16-9-12-19(20(16)13-17)21-3-2-4-22(25)27-21;1-26-9-10-27(12-19(26)28)18-4-2-3-17(23-18)15-8-7-13-5-6-14(11-16(13)15)20-24-25-21(22)29-20;1-7-5-3-2-4-6(7)8/h3-9,11-13,16H,10,14-15,17-18H2,1-2H3,(H,30,33);2-8,10-13H,9,14H2,1H3,(H,26,29);2-6,8,11H,7,9-10,12H2,1H3,(H2,22,25);2-5H2,1H3. The van der Waals surface area contributed by atoms with Gasteiger partial charge in [0, 0.05) is 107 Å². The molecule has 3 amide bonds. The number of nitrogens with zero attached hydrogens (tertiary/aromatic N) is 14. The molecule has 0 spiro atoms. The van der Waals surface area contributed by atoms with E-state index in [-0.39, 0.29) is 11.8 Å². The Morgan fingerprint density at radius 2 is 0.868 bits per heavy atom. The van der Waals surface area contributed by atoms with E-state index < -0.39 is 5.95 Å². The van der Waals surface area contributed by atoms with Crippen LogP contribution in [-0.2, 0) is 46.7 Å². The number of likely N-dealkylation sites (N-methyl/N-ethyl adjacent to an activating group) is 2. The summed E-state index contributed by atoms with van der Waals surface area (Å²) in [6.45, 7) is 5.99. The molecule has 3 aliphatic carbocycles. The second kappa shape index (κ2) is 32.6. The highest BCUT2D eigenvalue weighted by atomic mass is 32.1. The van der Waals surface area contributed by atoms with Gasteiger partial charge >= 0.3 is 0 Å². The molecule has 538 valence electrons. The van der Waals surface area contributed by atoms with E-state index in [1.807, 2.05) is 117 Å². The Hall–Kier alpha value is -11.6. The van der Waals surface area contributed by atoms with Crippen LogP contribution in [0.15, 0.2) is 176 Å². The van der Waals surface area contributed by atoms with Gasteiger partial charge in [0.15, 0.2) is 0 Å². The van der Waals surface area contributed by atoms with E-state index in [0.717, 1.165) is 167 Å². The number of pyridine rings is 3. The van der Waals surface area contributed by atoms with Crippen LogP contribution in [0.1, 0.15) is 80.9 Å². The van der Waals surface area contributed by atoms with Crippen LogP contribution in [0.25, 0.3) is 48.4 Å². The Kier molecular flexibility index (Phi) is 21.9. The number of hydrogen-bond donors (Lipinski definition) is 3. The Labute approximate surface area is 625 Å². The molecule has 0 radical (unpaired) electrons. The molecule has 0 bridgehead atoms. The zero-order valence-electron chi connectivity index (χ0n) is 59.3. The number of methoxy groups -OCH3 is 2. The summed E-state index contributed by atoms with van der Waals surface area (Å²) in [5.41, 5.74) is 23.9. The van der Waals surface area contributed by atoms with Crippen LogP contribution in [0, 0.1) is 5.95 Å². The molecule has 3 fully saturated rings. The van der Waals surface area contributed by atoms with Crippen molar-refractivity contribution in [1.29, 1.82) is 0 Å². The second-order valence-corrected chi connectivity index (χ2v) is 29.1. The Bertz CT molecular complexity index is 5140. The lowest BCUT2D eigenvalue weighted by molar-refractivity contribution is -0.132. The van der Waals surface area contributed by atoms with E-state index in [1.54, 1.807) is 46.3 Å². The zero-order chi connectivity index (χ0) is 73.2. The molecular weight excluding hydrogens is 1390 g/mol. The van der Waals surface area contributed by atoms with Crippen molar-refractivity contribution in [3.63, 3.8) is 0 Å². The molecule has 6 aromatic heterocycles. The van der Waals surface area contributed by atoms with E-state index in [2.05, 4.69) is 124 Å². The lowest BCUT2D eigenvalue weighted by Gasteiger charge is -2.32. The minimum absolute atomic E-state index is 0.119. The van der Waals surface area contributed by atoms with Gasteiger partial charge in [-0.3, -0.25) is 14.4 Å². The van der Waals surface area contributed by atoms with Crippen molar-refractivity contribution in [2.45, 2.75) is 51.6 Å². The summed E-state index contributed by atoms with van der Waals surface area (Å²) in [5.74, 6) is 3.42. The number of benzene rings is 5. The second-order valence-electron chi connectivity index (χ2n) is 26.1. The summed E-state index contributed by atoms with van der Waals surface area (Å²) in [6.07, 6.45) is 12.1. The van der Waals surface area contributed by atoms with Crippen LogP contribution in [0.2, 0.25) is 0 Å². The number of aromatic nitrogens is 9. The molecule has 9 heterocycles.